The topological polar surface area (TPSA) is 33.0 Å². The first-order valence-corrected chi connectivity index (χ1v) is 8.90. The molecular formula is C22H15NOS. The lowest BCUT2D eigenvalue weighted by Crippen LogP contribution is -1.95. The molecule has 1 aromatic heterocycles. The minimum Gasteiger partial charge on any atom is -0.478 e. The minimum atomic E-state index is 0.453. The van der Waals surface area contributed by atoms with Crippen molar-refractivity contribution in [3.05, 3.63) is 89.3 Å². The van der Waals surface area contributed by atoms with E-state index in [4.69, 9.17) is 4.74 Å². The number of thiophene rings is 1. The summed E-state index contributed by atoms with van der Waals surface area (Å²) in [6.45, 7) is 0.453. The maximum absolute atomic E-state index is 9.56. The largest absolute Gasteiger partial charge is 0.478 e. The molecule has 0 aliphatic heterocycles. The molecule has 0 fully saturated rings. The second-order valence-corrected chi connectivity index (χ2v) is 6.60. The summed E-state index contributed by atoms with van der Waals surface area (Å²) in [6, 6.07) is 26.8. The Morgan fingerprint density at radius 2 is 1.64 bits per heavy atom. The zero-order valence-electron chi connectivity index (χ0n) is 13.5. The van der Waals surface area contributed by atoms with Gasteiger partial charge in [0, 0.05) is 10.9 Å². The third-order valence-electron chi connectivity index (χ3n) is 4.14. The first kappa shape index (κ1) is 15.4. The van der Waals surface area contributed by atoms with Crippen LogP contribution in [0.4, 0.5) is 0 Å². The van der Waals surface area contributed by atoms with Gasteiger partial charge in [-0.1, -0.05) is 66.7 Å². The van der Waals surface area contributed by atoms with E-state index in [9.17, 15) is 5.26 Å². The Kier molecular flexibility index (Phi) is 4.20. The molecule has 1 heterocycles. The number of ether oxygens (including phenoxy) is 1. The second-order valence-electron chi connectivity index (χ2n) is 5.76. The molecule has 0 aliphatic rings. The Hall–Kier alpha value is -3.09. The van der Waals surface area contributed by atoms with E-state index < -0.39 is 0 Å². The minimum absolute atomic E-state index is 0.453. The SMILES string of the molecule is N#Cc1c(-c2ccccc2)csc1OCc1ccc2ccccc2c1. The Morgan fingerprint density at radius 3 is 2.44 bits per heavy atom. The van der Waals surface area contributed by atoms with Crippen LogP contribution in [0.25, 0.3) is 21.9 Å². The van der Waals surface area contributed by atoms with Gasteiger partial charge in [0.15, 0.2) is 5.06 Å². The normalized spacial score (nSPS) is 10.5. The molecule has 0 atom stereocenters. The number of rotatable bonds is 4. The van der Waals surface area contributed by atoms with Crippen molar-refractivity contribution in [3.63, 3.8) is 0 Å². The van der Waals surface area contributed by atoms with E-state index in [-0.39, 0.29) is 0 Å². The van der Waals surface area contributed by atoms with E-state index >= 15 is 0 Å². The maximum Gasteiger partial charge on any atom is 0.192 e. The van der Waals surface area contributed by atoms with E-state index in [1.165, 1.54) is 22.1 Å². The molecule has 3 aromatic carbocycles. The molecule has 4 rings (SSSR count). The molecule has 0 amide bonds. The van der Waals surface area contributed by atoms with Crippen molar-refractivity contribution in [2.45, 2.75) is 6.61 Å². The predicted molar refractivity (Wildman–Crippen MR) is 103 cm³/mol. The van der Waals surface area contributed by atoms with Crippen LogP contribution in [0.3, 0.4) is 0 Å². The van der Waals surface area contributed by atoms with Crippen molar-refractivity contribution >= 4 is 22.1 Å². The zero-order chi connectivity index (χ0) is 17.1. The highest BCUT2D eigenvalue weighted by atomic mass is 32.1. The third-order valence-corrected chi connectivity index (χ3v) is 5.03. The molecule has 4 aromatic rings. The third kappa shape index (κ3) is 3.13. The number of benzene rings is 3. The van der Waals surface area contributed by atoms with E-state index in [1.54, 1.807) is 0 Å². The van der Waals surface area contributed by atoms with Gasteiger partial charge in [-0.05, 0) is 28.0 Å². The molecule has 0 N–H and O–H groups in total. The van der Waals surface area contributed by atoms with Crippen LogP contribution >= 0.6 is 11.3 Å². The van der Waals surface area contributed by atoms with E-state index in [0.717, 1.165) is 16.7 Å². The highest BCUT2D eigenvalue weighted by Gasteiger charge is 2.14. The molecule has 2 nitrogen and oxygen atoms in total. The number of hydrogen-bond donors (Lipinski definition) is 0. The highest BCUT2D eigenvalue weighted by Crippen LogP contribution is 2.37. The molecule has 0 saturated heterocycles. The summed E-state index contributed by atoms with van der Waals surface area (Å²) < 4.78 is 5.96. The predicted octanol–water partition coefficient (Wildman–Crippen LogP) is 6.02. The molecule has 0 aliphatic carbocycles. The fourth-order valence-corrected chi connectivity index (χ4v) is 3.74. The molecule has 0 spiro atoms. The lowest BCUT2D eigenvalue weighted by Gasteiger charge is -2.06. The smallest absolute Gasteiger partial charge is 0.192 e. The van der Waals surface area contributed by atoms with Crippen LogP contribution in [0.2, 0.25) is 0 Å². The molecule has 0 bridgehead atoms. The molecule has 25 heavy (non-hydrogen) atoms. The van der Waals surface area contributed by atoms with Gasteiger partial charge in [-0.15, -0.1) is 11.3 Å². The molecule has 3 heteroatoms. The summed E-state index contributed by atoms with van der Waals surface area (Å²) in [5.74, 6) is 0. The van der Waals surface area contributed by atoms with Crippen LogP contribution in [0.15, 0.2) is 78.2 Å². The summed E-state index contributed by atoms with van der Waals surface area (Å²) in [6.07, 6.45) is 0. The van der Waals surface area contributed by atoms with Crippen LogP contribution < -0.4 is 4.74 Å². The summed E-state index contributed by atoms with van der Waals surface area (Å²) in [5, 5.41) is 14.6. The van der Waals surface area contributed by atoms with E-state index in [0.29, 0.717) is 17.2 Å². The Bertz CT molecular complexity index is 1060. The van der Waals surface area contributed by atoms with Crippen molar-refractivity contribution < 1.29 is 4.74 Å². The van der Waals surface area contributed by atoms with Gasteiger partial charge in [0.05, 0.1) is 0 Å². The lowest BCUT2D eigenvalue weighted by molar-refractivity contribution is 0.315. The van der Waals surface area contributed by atoms with Crippen molar-refractivity contribution in [1.82, 2.24) is 0 Å². The van der Waals surface area contributed by atoms with Crippen LogP contribution in [0, 0.1) is 11.3 Å². The summed E-state index contributed by atoms with van der Waals surface area (Å²) in [7, 11) is 0. The Morgan fingerprint density at radius 1 is 0.880 bits per heavy atom. The number of nitrogens with zero attached hydrogens (tertiary/aromatic N) is 1. The Labute approximate surface area is 150 Å². The van der Waals surface area contributed by atoms with Crippen molar-refractivity contribution in [2.75, 3.05) is 0 Å². The van der Waals surface area contributed by atoms with Crippen LogP contribution in [0.5, 0.6) is 5.06 Å². The van der Waals surface area contributed by atoms with Crippen molar-refractivity contribution in [2.24, 2.45) is 0 Å². The Balaban J connectivity index is 1.58. The number of nitriles is 1. The fourth-order valence-electron chi connectivity index (χ4n) is 2.86. The van der Waals surface area contributed by atoms with Crippen molar-refractivity contribution in [3.8, 4) is 22.3 Å². The van der Waals surface area contributed by atoms with Gasteiger partial charge in [-0.25, -0.2) is 0 Å². The average molecular weight is 341 g/mol. The van der Waals surface area contributed by atoms with Gasteiger partial charge >= 0.3 is 0 Å². The van der Waals surface area contributed by atoms with Gasteiger partial charge in [0.1, 0.15) is 18.2 Å². The first-order chi connectivity index (χ1) is 12.3. The van der Waals surface area contributed by atoms with Gasteiger partial charge < -0.3 is 4.74 Å². The number of fused-ring (bicyclic) bond motifs is 1. The monoisotopic (exact) mass is 341 g/mol. The van der Waals surface area contributed by atoms with E-state index in [1.807, 2.05) is 47.8 Å². The highest BCUT2D eigenvalue weighted by molar-refractivity contribution is 7.12. The second kappa shape index (κ2) is 6.80. The molecule has 0 radical (unpaired) electrons. The van der Waals surface area contributed by atoms with Crippen molar-refractivity contribution in [1.29, 1.82) is 5.26 Å². The quantitative estimate of drug-likeness (QED) is 0.455. The van der Waals surface area contributed by atoms with Crippen LogP contribution in [-0.4, -0.2) is 0 Å². The first-order valence-electron chi connectivity index (χ1n) is 8.02. The van der Waals surface area contributed by atoms with E-state index in [2.05, 4.69) is 36.4 Å². The zero-order valence-corrected chi connectivity index (χ0v) is 14.3. The standard InChI is InChI=1S/C22H15NOS/c23-13-20-21(18-7-2-1-3-8-18)15-25-22(20)24-14-16-10-11-17-6-4-5-9-19(17)12-16/h1-12,15H,14H2. The van der Waals surface area contributed by atoms with Gasteiger partial charge in [-0.3, -0.25) is 0 Å². The molecule has 0 saturated carbocycles. The molecule has 0 unspecified atom stereocenters. The van der Waals surface area contributed by atoms with Gasteiger partial charge in [-0.2, -0.15) is 5.26 Å². The summed E-state index contributed by atoms with van der Waals surface area (Å²) in [5.41, 5.74) is 3.67. The van der Waals surface area contributed by atoms with Gasteiger partial charge in [0.2, 0.25) is 0 Å². The average Bonchev–Trinajstić information content (AvgIpc) is 3.10. The fraction of sp³-hybridized carbons (Fsp3) is 0.0455. The maximum atomic E-state index is 9.56. The lowest BCUT2D eigenvalue weighted by atomic mass is 10.1. The number of hydrogen-bond acceptors (Lipinski definition) is 3. The van der Waals surface area contributed by atoms with Crippen LogP contribution in [0.1, 0.15) is 11.1 Å². The molecule has 120 valence electrons. The molecular weight excluding hydrogens is 326 g/mol. The van der Waals surface area contributed by atoms with Gasteiger partial charge in [0.25, 0.3) is 0 Å². The van der Waals surface area contributed by atoms with Crippen LogP contribution in [-0.2, 0) is 6.61 Å². The summed E-state index contributed by atoms with van der Waals surface area (Å²) >= 11 is 1.47. The summed E-state index contributed by atoms with van der Waals surface area (Å²) in [4.78, 5) is 0.